The molecule has 0 saturated heterocycles. The maximum absolute atomic E-state index is 12.2. The van der Waals surface area contributed by atoms with Gasteiger partial charge in [-0.15, -0.1) is 10.2 Å². The fourth-order valence-corrected chi connectivity index (χ4v) is 3.35. The molecular formula is C24H20ClN7O. The predicted octanol–water partition coefficient (Wildman–Crippen LogP) is 4.16. The smallest absolute Gasteiger partial charge is 0.243 e. The van der Waals surface area contributed by atoms with Gasteiger partial charge in [-0.05, 0) is 47.5 Å². The van der Waals surface area contributed by atoms with Crippen LogP contribution in [0.1, 0.15) is 11.1 Å². The number of hydrogen-bond donors (Lipinski definition) is 2. The van der Waals surface area contributed by atoms with Crippen molar-refractivity contribution in [3.05, 3.63) is 88.9 Å². The number of carbonyl (C=O) groups excluding carboxylic acids is 1. The van der Waals surface area contributed by atoms with E-state index in [1.54, 1.807) is 23.0 Å². The molecule has 0 unspecified atom stereocenters. The number of tetrazole rings is 1. The molecule has 164 valence electrons. The van der Waals surface area contributed by atoms with Gasteiger partial charge in [-0.2, -0.15) is 10.1 Å². The van der Waals surface area contributed by atoms with E-state index in [1.807, 2.05) is 60.7 Å². The topological polar surface area (TPSA) is 109 Å². The van der Waals surface area contributed by atoms with Crippen LogP contribution in [-0.4, -0.2) is 32.7 Å². The second-order valence-corrected chi connectivity index (χ2v) is 7.64. The van der Waals surface area contributed by atoms with Crippen LogP contribution in [0.4, 0.5) is 11.4 Å². The molecule has 2 N–H and O–H groups in total. The average Bonchev–Trinajstić information content (AvgIpc) is 3.32. The number of nitriles is 1. The zero-order valence-electron chi connectivity index (χ0n) is 17.6. The van der Waals surface area contributed by atoms with E-state index in [-0.39, 0.29) is 12.5 Å². The van der Waals surface area contributed by atoms with Crippen LogP contribution >= 0.6 is 11.6 Å². The first-order valence-corrected chi connectivity index (χ1v) is 10.6. The van der Waals surface area contributed by atoms with Crippen LogP contribution in [0.15, 0.2) is 72.8 Å². The van der Waals surface area contributed by atoms with Crippen molar-refractivity contribution < 1.29 is 4.79 Å². The number of rotatable bonds is 8. The van der Waals surface area contributed by atoms with Crippen molar-refractivity contribution in [2.24, 2.45) is 0 Å². The maximum Gasteiger partial charge on any atom is 0.243 e. The third-order valence-corrected chi connectivity index (χ3v) is 5.18. The highest BCUT2D eigenvalue weighted by molar-refractivity contribution is 6.32. The lowest BCUT2D eigenvalue weighted by Crippen LogP contribution is -2.21. The van der Waals surface area contributed by atoms with Gasteiger partial charge >= 0.3 is 0 Å². The van der Waals surface area contributed by atoms with Gasteiger partial charge in [0.25, 0.3) is 0 Å². The molecule has 8 nitrogen and oxygen atoms in total. The Hall–Kier alpha value is -4.22. The van der Waals surface area contributed by atoms with E-state index >= 15 is 0 Å². The molecule has 1 amide bonds. The lowest BCUT2D eigenvalue weighted by Gasteiger charge is -2.09. The summed E-state index contributed by atoms with van der Waals surface area (Å²) in [6, 6.07) is 24.3. The number of carbonyl (C=O) groups is 1. The molecule has 0 aliphatic rings. The van der Waals surface area contributed by atoms with Gasteiger partial charge in [0.1, 0.15) is 6.07 Å². The lowest BCUT2D eigenvalue weighted by atomic mass is 10.1. The molecule has 1 heterocycles. The number of nitrogens with zero attached hydrogens (tertiary/aromatic N) is 5. The first-order valence-electron chi connectivity index (χ1n) is 10.3. The monoisotopic (exact) mass is 457 g/mol. The number of benzene rings is 3. The second-order valence-electron chi connectivity index (χ2n) is 7.23. The van der Waals surface area contributed by atoms with Gasteiger partial charge in [0, 0.05) is 16.9 Å². The zero-order valence-corrected chi connectivity index (χ0v) is 18.3. The highest BCUT2D eigenvalue weighted by atomic mass is 35.5. The van der Waals surface area contributed by atoms with Crippen molar-refractivity contribution in [1.29, 1.82) is 5.26 Å². The van der Waals surface area contributed by atoms with Crippen LogP contribution in [0, 0.1) is 11.3 Å². The number of aromatic nitrogens is 4. The third kappa shape index (κ3) is 5.93. The number of anilines is 2. The Balaban J connectivity index is 1.25. The molecule has 1 aromatic heterocycles. The van der Waals surface area contributed by atoms with Crippen molar-refractivity contribution in [2.45, 2.75) is 13.0 Å². The van der Waals surface area contributed by atoms with E-state index in [4.69, 9.17) is 16.9 Å². The quantitative estimate of drug-likeness (QED) is 0.411. The Kier molecular flexibility index (Phi) is 6.93. The van der Waals surface area contributed by atoms with Gasteiger partial charge in [0.2, 0.25) is 11.7 Å². The molecule has 3 aromatic carbocycles. The van der Waals surface area contributed by atoms with E-state index in [1.165, 1.54) is 0 Å². The summed E-state index contributed by atoms with van der Waals surface area (Å²) in [6.45, 7) is 0.713. The number of halogens is 1. The fourth-order valence-electron chi connectivity index (χ4n) is 3.13. The fraction of sp³-hybridized carbons (Fsp3) is 0.125. The first kappa shape index (κ1) is 22.0. The summed E-state index contributed by atoms with van der Waals surface area (Å²) >= 11 is 5.99. The Labute approximate surface area is 195 Å². The standard InChI is InChI=1S/C24H20ClN7O/c25-22-14-21(11-8-19(22)15-26)28-23(33)16-27-20-9-6-17(7-10-20)12-13-32-30-24(29-31-32)18-4-2-1-3-5-18/h1-11,14,27H,12-13,16H2,(H,28,33). The molecule has 0 radical (unpaired) electrons. The molecule has 0 spiro atoms. The van der Waals surface area contributed by atoms with E-state index in [0.29, 0.717) is 28.6 Å². The molecule has 33 heavy (non-hydrogen) atoms. The highest BCUT2D eigenvalue weighted by Gasteiger charge is 2.07. The number of nitrogens with one attached hydrogen (secondary N) is 2. The Bertz CT molecular complexity index is 1280. The molecule has 0 bridgehead atoms. The predicted molar refractivity (Wildman–Crippen MR) is 127 cm³/mol. The molecule has 0 fully saturated rings. The molecule has 4 aromatic rings. The zero-order chi connectivity index (χ0) is 23.0. The normalized spacial score (nSPS) is 10.4. The van der Waals surface area contributed by atoms with Crippen molar-refractivity contribution in [1.82, 2.24) is 20.2 Å². The molecule has 4 rings (SSSR count). The minimum Gasteiger partial charge on any atom is -0.376 e. The van der Waals surface area contributed by atoms with Gasteiger partial charge in [0.05, 0.1) is 23.7 Å². The largest absolute Gasteiger partial charge is 0.376 e. The third-order valence-electron chi connectivity index (χ3n) is 4.87. The van der Waals surface area contributed by atoms with E-state index in [9.17, 15) is 4.79 Å². The maximum atomic E-state index is 12.2. The summed E-state index contributed by atoms with van der Waals surface area (Å²) in [5, 5.41) is 27.7. The summed E-state index contributed by atoms with van der Waals surface area (Å²) in [7, 11) is 0. The summed E-state index contributed by atoms with van der Waals surface area (Å²) in [5.41, 5.74) is 3.79. The average molecular weight is 458 g/mol. The molecule has 0 atom stereocenters. The molecule has 0 saturated carbocycles. The van der Waals surface area contributed by atoms with Gasteiger partial charge < -0.3 is 10.6 Å². The van der Waals surface area contributed by atoms with Crippen LogP contribution in [0.5, 0.6) is 0 Å². The Morgan fingerprint density at radius 3 is 2.52 bits per heavy atom. The number of amides is 1. The van der Waals surface area contributed by atoms with E-state index in [2.05, 4.69) is 26.0 Å². The molecular weight excluding hydrogens is 438 g/mol. The van der Waals surface area contributed by atoms with Crippen molar-refractivity contribution in [3.63, 3.8) is 0 Å². The van der Waals surface area contributed by atoms with Crippen molar-refractivity contribution in [2.75, 3.05) is 17.2 Å². The molecule has 9 heteroatoms. The van der Waals surface area contributed by atoms with Crippen molar-refractivity contribution in [3.8, 4) is 17.5 Å². The summed E-state index contributed by atoms with van der Waals surface area (Å²) in [6.07, 6.45) is 0.755. The van der Waals surface area contributed by atoms with E-state index < -0.39 is 0 Å². The van der Waals surface area contributed by atoms with Crippen LogP contribution in [0.2, 0.25) is 5.02 Å². The van der Waals surface area contributed by atoms with Gasteiger partial charge in [0.15, 0.2) is 0 Å². The van der Waals surface area contributed by atoms with Gasteiger partial charge in [-0.3, -0.25) is 4.79 Å². The minimum atomic E-state index is -0.216. The van der Waals surface area contributed by atoms with Crippen LogP contribution in [0.25, 0.3) is 11.4 Å². The Morgan fingerprint density at radius 2 is 1.79 bits per heavy atom. The number of aryl methyl sites for hydroxylation is 2. The van der Waals surface area contributed by atoms with Crippen LogP contribution in [-0.2, 0) is 17.8 Å². The molecule has 0 aliphatic carbocycles. The summed E-state index contributed by atoms with van der Waals surface area (Å²) in [5.74, 6) is 0.392. The van der Waals surface area contributed by atoms with Crippen LogP contribution < -0.4 is 10.6 Å². The minimum absolute atomic E-state index is 0.0993. The Morgan fingerprint density at radius 1 is 1.03 bits per heavy atom. The van der Waals surface area contributed by atoms with Crippen molar-refractivity contribution >= 4 is 28.9 Å². The van der Waals surface area contributed by atoms with Gasteiger partial charge in [-0.25, -0.2) is 0 Å². The number of hydrogen-bond acceptors (Lipinski definition) is 6. The molecule has 0 aliphatic heterocycles. The van der Waals surface area contributed by atoms with Crippen LogP contribution in [0.3, 0.4) is 0 Å². The second kappa shape index (κ2) is 10.4. The highest BCUT2D eigenvalue weighted by Crippen LogP contribution is 2.20. The van der Waals surface area contributed by atoms with Gasteiger partial charge in [-0.1, -0.05) is 54.1 Å². The summed E-state index contributed by atoms with van der Waals surface area (Å²) in [4.78, 5) is 13.8. The first-order chi connectivity index (χ1) is 16.1. The summed E-state index contributed by atoms with van der Waals surface area (Å²) < 4.78 is 0. The SMILES string of the molecule is N#Cc1ccc(NC(=O)CNc2ccc(CCn3nnc(-c4ccccc4)n3)cc2)cc1Cl. The van der Waals surface area contributed by atoms with E-state index in [0.717, 1.165) is 23.2 Å². The lowest BCUT2D eigenvalue weighted by molar-refractivity contribution is -0.114.